The van der Waals surface area contributed by atoms with Gasteiger partial charge in [-0.2, -0.15) is 0 Å². The summed E-state index contributed by atoms with van der Waals surface area (Å²) in [6, 6.07) is 8.66. The molecule has 2 aliphatic heterocycles. The molecule has 1 aromatic rings. The Hall–Kier alpha value is -0.930. The van der Waals surface area contributed by atoms with Gasteiger partial charge in [-0.3, -0.25) is 4.90 Å². The second kappa shape index (κ2) is 6.23. The summed E-state index contributed by atoms with van der Waals surface area (Å²) in [5, 5.41) is 3.84. The van der Waals surface area contributed by atoms with Crippen molar-refractivity contribution < 1.29 is 4.39 Å². The van der Waals surface area contributed by atoms with Crippen molar-refractivity contribution in [3.05, 3.63) is 35.6 Å². The van der Waals surface area contributed by atoms with Gasteiger partial charge in [0.25, 0.3) is 0 Å². The minimum Gasteiger partial charge on any atom is -0.306 e. The summed E-state index contributed by atoms with van der Waals surface area (Å²) >= 11 is 0. The lowest BCUT2D eigenvalue weighted by Crippen LogP contribution is -2.45. The number of nitrogens with zero attached hydrogens (tertiary/aromatic N) is 1. The van der Waals surface area contributed by atoms with Crippen LogP contribution >= 0.6 is 0 Å². The topological polar surface area (TPSA) is 15.3 Å². The monoisotopic (exact) mass is 276 g/mol. The first-order valence-electron chi connectivity index (χ1n) is 8.03. The zero-order valence-electron chi connectivity index (χ0n) is 12.3. The van der Waals surface area contributed by atoms with Crippen LogP contribution in [0, 0.1) is 5.82 Å². The van der Waals surface area contributed by atoms with Crippen molar-refractivity contribution in [2.24, 2.45) is 0 Å². The van der Waals surface area contributed by atoms with Crippen LogP contribution in [-0.2, 0) is 0 Å². The first kappa shape index (κ1) is 14.0. The third-order valence-corrected chi connectivity index (χ3v) is 4.95. The predicted octanol–water partition coefficient (Wildman–Crippen LogP) is 3.49. The average Bonchev–Trinajstić information content (AvgIpc) is 2.89. The SMILES string of the molecule is CCC(NC1CCN2CCCCC12)c1ccc(F)cc1. The lowest BCUT2D eigenvalue weighted by atomic mass is 9.96. The molecule has 3 heteroatoms. The normalized spacial score (nSPS) is 28.3. The summed E-state index contributed by atoms with van der Waals surface area (Å²) in [7, 11) is 0. The number of piperidine rings is 1. The van der Waals surface area contributed by atoms with E-state index >= 15 is 0 Å². The van der Waals surface area contributed by atoms with Crippen molar-refractivity contribution in [2.75, 3.05) is 13.1 Å². The zero-order chi connectivity index (χ0) is 13.9. The molecule has 0 bridgehead atoms. The van der Waals surface area contributed by atoms with Crippen molar-refractivity contribution in [1.82, 2.24) is 10.2 Å². The second-order valence-corrected chi connectivity index (χ2v) is 6.17. The zero-order valence-corrected chi connectivity index (χ0v) is 12.3. The molecule has 20 heavy (non-hydrogen) atoms. The summed E-state index contributed by atoms with van der Waals surface area (Å²) in [6.45, 7) is 4.72. The van der Waals surface area contributed by atoms with E-state index in [2.05, 4.69) is 17.1 Å². The first-order valence-corrected chi connectivity index (χ1v) is 8.03. The van der Waals surface area contributed by atoms with Gasteiger partial charge in [-0.1, -0.05) is 25.5 Å². The number of halogens is 1. The van der Waals surface area contributed by atoms with E-state index in [1.54, 1.807) is 12.1 Å². The molecule has 3 atom stereocenters. The molecule has 2 aliphatic rings. The van der Waals surface area contributed by atoms with Gasteiger partial charge in [0.15, 0.2) is 0 Å². The fourth-order valence-electron chi connectivity index (χ4n) is 3.85. The standard InChI is InChI=1S/C17H25FN2/c1-2-15(13-6-8-14(18)9-7-13)19-16-10-12-20-11-4-3-5-17(16)20/h6-9,15-17,19H,2-5,10-12H2,1H3. The van der Waals surface area contributed by atoms with Gasteiger partial charge in [0, 0.05) is 24.7 Å². The Balaban J connectivity index is 1.67. The molecule has 0 radical (unpaired) electrons. The summed E-state index contributed by atoms with van der Waals surface area (Å²) in [5.74, 6) is -0.150. The van der Waals surface area contributed by atoms with Crippen molar-refractivity contribution in [2.45, 2.75) is 57.2 Å². The minimum atomic E-state index is -0.150. The maximum atomic E-state index is 13.1. The third-order valence-electron chi connectivity index (χ3n) is 4.95. The van der Waals surface area contributed by atoms with Crippen LogP contribution in [-0.4, -0.2) is 30.1 Å². The number of fused-ring (bicyclic) bond motifs is 1. The van der Waals surface area contributed by atoms with Gasteiger partial charge in [0.2, 0.25) is 0 Å². The largest absolute Gasteiger partial charge is 0.306 e. The number of nitrogens with one attached hydrogen (secondary N) is 1. The van der Waals surface area contributed by atoms with E-state index in [0.29, 0.717) is 12.1 Å². The Morgan fingerprint density at radius 2 is 2.00 bits per heavy atom. The van der Waals surface area contributed by atoms with Crippen LogP contribution in [0.2, 0.25) is 0 Å². The first-order chi connectivity index (χ1) is 9.78. The Morgan fingerprint density at radius 1 is 1.20 bits per heavy atom. The van der Waals surface area contributed by atoms with E-state index in [1.165, 1.54) is 44.3 Å². The highest BCUT2D eigenvalue weighted by molar-refractivity contribution is 5.20. The lowest BCUT2D eigenvalue weighted by Gasteiger charge is -2.34. The van der Waals surface area contributed by atoms with Gasteiger partial charge < -0.3 is 5.32 Å². The highest BCUT2D eigenvalue weighted by Crippen LogP contribution is 2.29. The van der Waals surface area contributed by atoms with Gasteiger partial charge in [-0.05, 0) is 49.9 Å². The molecule has 0 amide bonds. The second-order valence-electron chi connectivity index (χ2n) is 6.17. The fraction of sp³-hybridized carbons (Fsp3) is 0.647. The number of hydrogen-bond donors (Lipinski definition) is 1. The van der Waals surface area contributed by atoms with Crippen LogP contribution in [0.5, 0.6) is 0 Å². The molecule has 1 aromatic carbocycles. The summed E-state index contributed by atoms with van der Waals surface area (Å²) in [5.41, 5.74) is 1.21. The van der Waals surface area contributed by atoms with Gasteiger partial charge in [-0.25, -0.2) is 4.39 Å². The van der Waals surface area contributed by atoms with E-state index < -0.39 is 0 Å². The minimum absolute atomic E-state index is 0.150. The van der Waals surface area contributed by atoms with Gasteiger partial charge in [0.1, 0.15) is 5.82 Å². The fourth-order valence-corrected chi connectivity index (χ4v) is 3.85. The third kappa shape index (κ3) is 2.89. The highest BCUT2D eigenvalue weighted by Gasteiger charge is 2.36. The Labute approximate surface area is 121 Å². The van der Waals surface area contributed by atoms with Gasteiger partial charge in [0.05, 0.1) is 0 Å². The molecule has 1 N–H and O–H groups in total. The molecule has 3 rings (SSSR count). The van der Waals surface area contributed by atoms with E-state index in [1.807, 2.05) is 12.1 Å². The highest BCUT2D eigenvalue weighted by atomic mass is 19.1. The van der Waals surface area contributed by atoms with Crippen molar-refractivity contribution >= 4 is 0 Å². The summed E-state index contributed by atoms with van der Waals surface area (Å²) in [6.07, 6.45) is 6.36. The van der Waals surface area contributed by atoms with Crippen LogP contribution in [0.4, 0.5) is 4.39 Å². The Bertz CT molecular complexity index is 431. The lowest BCUT2D eigenvalue weighted by molar-refractivity contribution is 0.176. The predicted molar refractivity (Wildman–Crippen MR) is 80.2 cm³/mol. The van der Waals surface area contributed by atoms with Gasteiger partial charge >= 0.3 is 0 Å². The molecule has 3 unspecified atom stereocenters. The quantitative estimate of drug-likeness (QED) is 0.905. The van der Waals surface area contributed by atoms with Crippen LogP contribution in [0.3, 0.4) is 0 Å². The summed E-state index contributed by atoms with van der Waals surface area (Å²) in [4.78, 5) is 2.65. The van der Waals surface area contributed by atoms with Crippen LogP contribution in [0.15, 0.2) is 24.3 Å². The van der Waals surface area contributed by atoms with Crippen LogP contribution < -0.4 is 5.32 Å². The number of hydrogen-bond acceptors (Lipinski definition) is 2. The van der Waals surface area contributed by atoms with Crippen LogP contribution in [0.25, 0.3) is 0 Å². The molecule has 0 aliphatic carbocycles. The van der Waals surface area contributed by atoms with E-state index in [-0.39, 0.29) is 5.82 Å². The molecule has 2 saturated heterocycles. The number of rotatable bonds is 4. The van der Waals surface area contributed by atoms with Crippen molar-refractivity contribution in [3.63, 3.8) is 0 Å². The molecular weight excluding hydrogens is 251 g/mol. The molecule has 0 saturated carbocycles. The van der Waals surface area contributed by atoms with E-state index in [9.17, 15) is 4.39 Å². The molecule has 2 fully saturated rings. The maximum Gasteiger partial charge on any atom is 0.123 e. The molecule has 0 aromatic heterocycles. The van der Waals surface area contributed by atoms with E-state index in [4.69, 9.17) is 0 Å². The molecule has 2 heterocycles. The average molecular weight is 276 g/mol. The number of benzene rings is 1. The maximum absolute atomic E-state index is 13.1. The summed E-state index contributed by atoms with van der Waals surface area (Å²) < 4.78 is 13.1. The molecular formula is C17H25FN2. The van der Waals surface area contributed by atoms with Crippen molar-refractivity contribution in [3.8, 4) is 0 Å². The van der Waals surface area contributed by atoms with Crippen LogP contribution in [0.1, 0.15) is 50.6 Å². The Morgan fingerprint density at radius 3 is 2.75 bits per heavy atom. The van der Waals surface area contributed by atoms with Gasteiger partial charge in [-0.15, -0.1) is 0 Å². The smallest absolute Gasteiger partial charge is 0.123 e. The van der Waals surface area contributed by atoms with E-state index in [0.717, 1.165) is 12.5 Å². The Kier molecular flexibility index (Phi) is 4.37. The molecule has 2 nitrogen and oxygen atoms in total. The molecule has 110 valence electrons. The van der Waals surface area contributed by atoms with Crippen molar-refractivity contribution in [1.29, 1.82) is 0 Å². The molecule has 0 spiro atoms.